The molecule has 0 spiro atoms. The van der Waals surface area contributed by atoms with E-state index in [1.54, 1.807) is 0 Å². The molecule has 4 nitrogen and oxygen atoms in total. The second-order valence-electron chi connectivity index (χ2n) is 4.76. The molecule has 2 N–H and O–H groups in total. The maximum absolute atomic E-state index is 12.1. The van der Waals surface area contributed by atoms with Crippen LogP contribution >= 0.6 is 0 Å². The molecule has 0 aromatic heterocycles. The van der Waals surface area contributed by atoms with E-state index in [1.165, 1.54) is 13.8 Å². The molecule has 2 unspecified atom stereocenters. The summed E-state index contributed by atoms with van der Waals surface area (Å²) >= 11 is 0. The van der Waals surface area contributed by atoms with Gasteiger partial charge in [-0.3, -0.25) is 0 Å². The number of halogens is 3. The van der Waals surface area contributed by atoms with Crippen LogP contribution in [0.5, 0.6) is 0 Å². The molecule has 0 saturated heterocycles. The number of sulfonamides is 1. The molecule has 0 aromatic carbocycles. The first kappa shape index (κ1) is 17.7. The van der Waals surface area contributed by atoms with E-state index in [0.29, 0.717) is 0 Å². The summed E-state index contributed by atoms with van der Waals surface area (Å²) in [5, 5.41) is 2.15. The summed E-state index contributed by atoms with van der Waals surface area (Å²) < 4.78 is 61.8. The quantitative estimate of drug-likeness (QED) is 0.749. The molecule has 0 aromatic rings. The van der Waals surface area contributed by atoms with E-state index in [-0.39, 0.29) is 12.6 Å². The average Bonchev–Trinajstić information content (AvgIpc) is 2.09. The molecule has 0 bridgehead atoms. The highest BCUT2D eigenvalue weighted by Crippen LogP contribution is 2.21. The van der Waals surface area contributed by atoms with Crippen LogP contribution in [0.1, 0.15) is 34.1 Å². The average molecular weight is 290 g/mol. The van der Waals surface area contributed by atoms with Crippen molar-refractivity contribution in [3.05, 3.63) is 0 Å². The molecule has 0 aliphatic rings. The maximum atomic E-state index is 12.1. The van der Waals surface area contributed by atoms with Crippen LogP contribution in [0.4, 0.5) is 13.2 Å². The summed E-state index contributed by atoms with van der Waals surface area (Å²) in [6, 6.07) is -1.04. The van der Waals surface area contributed by atoms with Gasteiger partial charge in [-0.2, -0.15) is 13.2 Å². The van der Waals surface area contributed by atoms with Crippen molar-refractivity contribution in [3.8, 4) is 0 Å². The molecule has 0 saturated carbocycles. The molecule has 110 valence electrons. The number of hydrogen-bond donors (Lipinski definition) is 2. The van der Waals surface area contributed by atoms with E-state index in [2.05, 4.69) is 5.32 Å². The summed E-state index contributed by atoms with van der Waals surface area (Å²) in [5.74, 6) is 0. The van der Waals surface area contributed by atoms with Gasteiger partial charge in [0.15, 0.2) is 0 Å². The smallest absolute Gasteiger partial charge is 0.313 e. The molecule has 0 rings (SSSR count). The van der Waals surface area contributed by atoms with Crippen LogP contribution in [0.25, 0.3) is 0 Å². The fourth-order valence-electron chi connectivity index (χ4n) is 1.30. The van der Waals surface area contributed by atoms with Crippen LogP contribution in [0.15, 0.2) is 0 Å². The topological polar surface area (TPSA) is 58.2 Å². The van der Waals surface area contributed by atoms with Gasteiger partial charge in [-0.1, -0.05) is 13.8 Å². The Hall–Kier alpha value is -0.340. The summed E-state index contributed by atoms with van der Waals surface area (Å²) in [6.45, 7) is 6.58. The molecule has 0 heterocycles. The van der Waals surface area contributed by atoms with Crippen molar-refractivity contribution >= 4 is 10.0 Å². The Morgan fingerprint density at radius 2 is 1.61 bits per heavy atom. The van der Waals surface area contributed by atoms with Crippen LogP contribution < -0.4 is 10.0 Å². The van der Waals surface area contributed by atoms with Gasteiger partial charge < -0.3 is 5.32 Å². The fourth-order valence-corrected chi connectivity index (χ4v) is 2.49. The minimum absolute atomic E-state index is 0.121. The van der Waals surface area contributed by atoms with E-state index in [0.717, 1.165) is 0 Å². The lowest BCUT2D eigenvalue weighted by Gasteiger charge is -2.20. The summed E-state index contributed by atoms with van der Waals surface area (Å²) in [6.07, 6.45) is -5.54. The van der Waals surface area contributed by atoms with Crippen molar-refractivity contribution in [2.24, 2.45) is 0 Å². The Labute approximate surface area is 106 Å². The second-order valence-corrected chi connectivity index (χ2v) is 6.89. The zero-order valence-electron chi connectivity index (χ0n) is 11.0. The summed E-state index contributed by atoms with van der Waals surface area (Å²) in [7, 11) is -3.74. The number of rotatable bonds is 7. The normalized spacial score (nSPS) is 16.9. The second kappa shape index (κ2) is 6.72. The predicted octanol–water partition coefficient (Wildman–Crippen LogP) is 1.63. The first-order valence-corrected chi connectivity index (χ1v) is 7.30. The van der Waals surface area contributed by atoms with Gasteiger partial charge in [-0.15, -0.1) is 0 Å². The standard InChI is InChI=1S/C10H21F3N2O2S/c1-7(2)14-6-9(4)18(16,17)15-8(3)5-10(11,12)13/h7-9,14-15H,5-6H2,1-4H3. The van der Waals surface area contributed by atoms with E-state index in [4.69, 9.17) is 0 Å². The molecular formula is C10H21F3N2O2S. The highest BCUT2D eigenvalue weighted by Gasteiger charge is 2.32. The van der Waals surface area contributed by atoms with Crippen LogP contribution in [0.2, 0.25) is 0 Å². The number of nitrogens with one attached hydrogen (secondary N) is 2. The van der Waals surface area contributed by atoms with Crippen LogP contribution in [-0.4, -0.2) is 38.5 Å². The van der Waals surface area contributed by atoms with E-state index < -0.39 is 33.9 Å². The lowest BCUT2D eigenvalue weighted by Crippen LogP contribution is -2.44. The van der Waals surface area contributed by atoms with Crippen molar-refractivity contribution < 1.29 is 21.6 Å². The Balaban J connectivity index is 4.38. The van der Waals surface area contributed by atoms with Gasteiger partial charge in [-0.25, -0.2) is 13.1 Å². The fraction of sp³-hybridized carbons (Fsp3) is 1.00. The molecule has 0 aliphatic heterocycles. The van der Waals surface area contributed by atoms with Crippen molar-refractivity contribution in [2.45, 2.75) is 57.6 Å². The predicted molar refractivity (Wildman–Crippen MR) is 64.8 cm³/mol. The Bertz CT molecular complexity index is 342. The van der Waals surface area contributed by atoms with E-state index in [1.807, 2.05) is 18.6 Å². The van der Waals surface area contributed by atoms with Gasteiger partial charge in [-0.05, 0) is 13.8 Å². The van der Waals surface area contributed by atoms with Crippen molar-refractivity contribution in [1.29, 1.82) is 0 Å². The Kier molecular flexibility index (Phi) is 6.59. The summed E-state index contributed by atoms with van der Waals surface area (Å²) in [4.78, 5) is 0. The third kappa shape index (κ3) is 7.88. The van der Waals surface area contributed by atoms with Gasteiger partial charge in [0, 0.05) is 18.6 Å². The third-order valence-electron chi connectivity index (χ3n) is 2.25. The molecular weight excluding hydrogens is 269 g/mol. The van der Waals surface area contributed by atoms with Crippen molar-refractivity contribution in [1.82, 2.24) is 10.0 Å². The highest BCUT2D eigenvalue weighted by atomic mass is 32.2. The van der Waals surface area contributed by atoms with Gasteiger partial charge in [0.25, 0.3) is 0 Å². The third-order valence-corrected chi connectivity index (χ3v) is 4.20. The Morgan fingerprint density at radius 3 is 2.00 bits per heavy atom. The van der Waals surface area contributed by atoms with Gasteiger partial charge in [0.1, 0.15) is 0 Å². The first-order chi connectivity index (χ1) is 7.94. The molecule has 8 heteroatoms. The van der Waals surface area contributed by atoms with E-state index >= 15 is 0 Å². The largest absolute Gasteiger partial charge is 0.390 e. The zero-order chi connectivity index (χ0) is 14.6. The minimum atomic E-state index is -4.37. The molecule has 2 atom stereocenters. The van der Waals surface area contributed by atoms with Crippen LogP contribution in [-0.2, 0) is 10.0 Å². The van der Waals surface area contributed by atoms with Crippen LogP contribution in [0, 0.1) is 0 Å². The van der Waals surface area contributed by atoms with Crippen molar-refractivity contribution in [2.75, 3.05) is 6.54 Å². The lowest BCUT2D eigenvalue weighted by molar-refractivity contribution is -0.137. The van der Waals surface area contributed by atoms with Gasteiger partial charge in [0.05, 0.1) is 11.7 Å². The van der Waals surface area contributed by atoms with E-state index in [9.17, 15) is 21.6 Å². The zero-order valence-corrected chi connectivity index (χ0v) is 11.8. The van der Waals surface area contributed by atoms with Gasteiger partial charge in [0.2, 0.25) is 10.0 Å². The highest BCUT2D eigenvalue weighted by molar-refractivity contribution is 7.90. The number of hydrogen-bond acceptors (Lipinski definition) is 3. The SMILES string of the molecule is CC(C)NCC(C)S(=O)(=O)NC(C)CC(F)(F)F. The van der Waals surface area contributed by atoms with Crippen LogP contribution in [0.3, 0.4) is 0 Å². The molecule has 0 radical (unpaired) electrons. The monoisotopic (exact) mass is 290 g/mol. The molecule has 0 fully saturated rings. The molecule has 0 aliphatic carbocycles. The lowest BCUT2D eigenvalue weighted by atomic mass is 10.2. The van der Waals surface area contributed by atoms with Crippen molar-refractivity contribution in [3.63, 3.8) is 0 Å². The minimum Gasteiger partial charge on any atom is -0.313 e. The maximum Gasteiger partial charge on any atom is 0.390 e. The first-order valence-electron chi connectivity index (χ1n) is 5.75. The molecule has 0 amide bonds. The molecule has 18 heavy (non-hydrogen) atoms. The summed E-state index contributed by atoms with van der Waals surface area (Å²) in [5.41, 5.74) is 0. The van der Waals surface area contributed by atoms with Gasteiger partial charge >= 0.3 is 6.18 Å². The Morgan fingerprint density at radius 1 is 1.11 bits per heavy atom. The number of alkyl halides is 3.